The first-order chi connectivity index (χ1) is 8.33. The lowest BCUT2D eigenvalue weighted by Crippen LogP contribution is -2.49. The summed E-state index contributed by atoms with van der Waals surface area (Å²) in [6, 6.07) is 0.586. The van der Waals surface area contributed by atoms with Gasteiger partial charge in [-0.2, -0.15) is 0 Å². The van der Waals surface area contributed by atoms with E-state index in [0.717, 1.165) is 32.2 Å². The molecule has 2 rings (SSSR count). The highest BCUT2D eigenvalue weighted by Gasteiger charge is 2.32. The molecule has 3 unspecified atom stereocenters. The van der Waals surface area contributed by atoms with Crippen molar-refractivity contribution in [2.45, 2.75) is 76.0 Å². The van der Waals surface area contributed by atoms with Gasteiger partial charge in [-0.05, 0) is 32.2 Å². The van der Waals surface area contributed by atoms with E-state index in [2.05, 4.69) is 4.90 Å². The molecule has 2 fully saturated rings. The molecule has 1 aliphatic heterocycles. The molecule has 3 atom stereocenters. The van der Waals surface area contributed by atoms with Crippen LogP contribution in [0.15, 0.2) is 0 Å². The fraction of sp³-hybridized carbons (Fsp3) is 1.00. The van der Waals surface area contributed by atoms with Crippen molar-refractivity contribution in [3.63, 3.8) is 0 Å². The first-order valence-electron chi connectivity index (χ1n) is 7.37. The van der Waals surface area contributed by atoms with Gasteiger partial charge in [0, 0.05) is 12.1 Å². The maximum Gasteiger partial charge on any atom is 0.0695 e. The maximum atomic E-state index is 10.3. The van der Waals surface area contributed by atoms with Gasteiger partial charge in [0.1, 0.15) is 0 Å². The molecule has 17 heavy (non-hydrogen) atoms. The Morgan fingerprint density at radius 3 is 2.41 bits per heavy atom. The fourth-order valence-electron chi connectivity index (χ4n) is 3.49. The Kier molecular flexibility index (Phi) is 5.26. The van der Waals surface area contributed by atoms with Gasteiger partial charge in [0.2, 0.25) is 0 Å². The van der Waals surface area contributed by atoms with Crippen LogP contribution in [0.5, 0.6) is 0 Å². The first-order valence-corrected chi connectivity index (χ1v) is 7.37. The van der Waals surface area contributed by atoms with Crippen molar-refractivity contribution in [3.8, 4) is 0 Å². The highest BCUT2D eigenvalue weighted by atomic mass is 16.3. The smallest absolute Gasteiger partial charge is 0.0695 e. The first kappa shape index (κ1) is 13.3. The summed E-state index contributed by atoms with van der Waals surface area (Å²) in [5.74, 6) is 0. The van der Waals surface area contributed by atoms with Crippen molar-refractivity contribution in [1.82, 2.24) is 4.90 Å². The zero-order valence-electron chi connectivity index (χ0n) is 10.9. The molecule has 1 saturated carbocycles. The molecule has 1 saturated heterocycles. The van der Waals surface area contributed by atoms with Crippen LogP contribution in [0.1, 0.15) is 57.8 Å². The third-order valence-corrected chi connectivity index (χ3v) is 4.50. The summed E-state index contributed by atoms with van der Waals surface area (Å²) in [7, 11) is 0. The zero-order valence-corrected chi connectivity index (χ0v) is 10.9. The lowest BCUT2D eigenvalue weighted by molar-refractivity contribution is 0.00520. The van der Waals surface area contributed by atoms with Gasteiger partial charge in [-0.15, -0.1) is 0 Å². The summed E-state index contributed by atoms with van der Waals surface area (Å²) >= 11 is 0. The highest BCUT2D eigenvalue weighted by molar-refractivity contribution is 4.87. The van der Waals surface area contributed by atoms with Crippen LogP contribution in [0.2, 0.25) is 0 Å². The second-order valence-electron chi connectivity index (χ2n) is 5.70. The molecule has 0 aromatic carbocycles. The molecule has 1 aliphatic carbocycles. The number of hydrogen-bond acceptors (Lipinski definition) is 3. The number of nitrogens with zero attached hydrogens (tertiary/aromatic N) is 1. The van der Waals surface area contributed by atoms with E-state index in [9.17, 15) is 10.2 Å². The van der Waals surface area contributed by atoms with Gasteiger partial charge in [0.15, 0.2) is 0 Å². The minimum absolute atomic E-state index is 0.176. The molecule has 0 spiro atoms. The van der Waals surface area contributed by atoms with E-state index in [1.54, 1.807) is 0 Å². The SMILES string of the molecule is OCC1CCCCCN1C1CCCCCC1O. The Labute approximate surface area is 105 Å². The van der Waals surface area contributed by atoms with Crippen LogP contribution in [0.3, 0.4) is 0 Å². The van der Waals surface area contributed by atoms with Gasteiger partial charge in [-0.25, -0.2) is 0 Å². The highest BCUT2D eigenvalue weighted by Crippen LogP contribution is 2.27. The second-order valence-corrected chi connectivity index (χ2v) is 5.70. The molecule has 100 valence electrons. The van der Waals surface area contributed by atoms with Crippen LogP contribution in [-0.4, -0.2) is 46.5 Å². The van der Waals surface area contributed by atoms with Crippen molar-refractivity contribution >= 4 is 0 Å². The van der Waals surface area contributed by atoms with E-state index >= 15 is 0 Å². The standard InChI is InChI=1S/C14H27NO2/c16-11-12-7-3-2-6-10-15(12)13-8-4-1-5-9-14(13)17/h12-14,16-17H,1-11H2. The minimum atomic E-state index is -0.176. The normalized spacial score (nSPS) is 37.4. The predicted molar refractivity (Wildman–Crippen MR) is 68.9 cm³/mol. The number of rotatable bonds is 2. The molecule has 0 radical (unpaired) electrons. The van der Waals surface area contributed by atoms with Crippen LogP contribution in [-0.2, 0) is 0 Å². The van der Waals surface area contributed by atoms with Gasteiger partial charge in [0.05, 0.1) is 12.7 Å². The molecule has 3 nitrogen and oxygen atoms in total. The van der Waals surface area contributed by atoms with Crippen LogP contribution in [0.4, 0.5) is 0 Å². The number of aliphatic hydroxyl groups is 2. The average molecular weight is 241 g/mol. The third kappa shape index (κ3) is 3.43. The van der Waals surface area contributed by atoms with Gasteiger partial charge in [-0.1, -0.05) is 32.1 Å². The molecular formula is C14H27NO2. The summed E-state index contributed by atoms with van der Waals surface area (Å²) in [6.07, 6.45) is 10.3. The Balaban J connectivity index is 2.04. The van der Waals surface area contributed by atoms with E-state index in [1.165, 1.54) is 32.1 Å². The monoisotopic (exact) mass is 241 g/mol. The molecule has 3 heteroatoms. The largest absolute Gasteiger partial charge is 0.395 e. The van der Waals surface area contributed by atoms with Crippen molar-refractivity contribution < 1.29 is 10.2 Å². The predicted octanol–water partition coefficient (Wildman–Crippen LogP) is 1.92. The Hall–Kier alpha value is -0.120. The molecule has 0 bridgehead atoms. The van der Waals surface area contributed by atoms with Crippen molar-refractivity contribution in [2.75, 3.05) is 13.2 Å². The quantitative estimate of drug-likeness (QED) is 0.726. The molecule has 2 aliphatic rings. The number of aliphatic hydroxyl groups excluding tert-OH is 2. The van der Waals surface area contributed by atoms with Gasteiger partial charge >= 0.3 is 0 Å². The van der Waals surface area contributed by atoms with E-state index in [0.29, 0.717) is 6.04 Å². The van der Waals surface area contributed by atoms with Crippen molar-refractivity contribution in [2.24, 2.45) is 0 Å². The van der Waals surface area contributed by atoms with Crippen molar-refractivity contribution in [3.05, 3.63) is 0 Å². The van der Waals surface area contributed by atoms with Gasteiger partial charge in [0.25, 0.3) is 0 Å². The fourth-order valence-corrected chi connectivity index (χ4v) is 3.49. The second kappa shape index (κ2) is 6.72. The minimum Gasteiger partial charge on any atom is -0.395 e. The molecule has 0 aromatic heterocycles. The Morgan fingerprint density at radius 1 is 0.882 bits per heavy atom. The van der Waals surface area contributed by atoms with E-state index in [4.69, 9.17) is 0 Å². The van der Waals surface area contributed by atoms with Crippen LogP contribution in [0, 0.1) is 0 Å². The van der Waals surface area contributed by atoms with E-state index in [1.807, 2.05) is 0 Å². The summed E-state index contributed by atoms with van der Waals surface area (Å²) in [5.41, 5.74) is 0. The third-order valence-electron chi connectivity index (χ3n) is 4.50. The molecule has 0 amide bonds. The van der Waals surface area contributed by atoms with Crippen molar-refractivity contribution in [1.29, 1.82) is 0 Å². The summed E-state index contributed by atoms with van der Waals surface area (Å²) in [5, 5.41) is 19.8. The Morgan fingerprint density at radius 2 is 1.59 bits per heavy atom. The topological polar surface area (TPSA) is 43.7 Å². The van der Waals surface area contributed by atoms with E-state index < -0.39 is 0 Å². The summed E-state index contributed by atoms with van der Waals surface area (Å²) < 4.78 is 0. The van der Waals surface area contributed by atoms with Gasteiger partial charge < -0.3 is 10.2 Å². The number of likely N-dealkylation sites (tertiary alicyclic amines) is 1. The lowest BCUT2D eigenvalue weighted by atomic mass is 10.0. The molecule has 0 aromatic rings. The number of hydrogen-bond donors (Lipinski definition) is 2. The summed E-state index contributed by atoms with van der Waals surface area (Å²) in [4.78, 5) is 2.42. The zero-order chi connectivity index (χ0) is 12.1. The average Bonchev–Trinajstić information content (AvgIpc) is 2.68. The molecular weight excluding hydrogens is 214 g/mol. The summed E-state index contributed by atoms with van der Waals surface area (Å²) in [6.45, 7) is 1.32. The Bertz CT molecular complexity index is 222. The molecule has 2 N–H and O–H groups in total. The molecule has 1 heterocycles. The maximum absolute atomic E-state index is 10.3. The lowest BCUT2D eigenvalue weighted by Gasteiger charge is -2.38. The van der Waals surface area contributed by atoms with Crippen LogP contribution in [0.25, 0.3) is 0 Å². The van der Waals surface area contributed by atoms with Crippen LogP contribution >= 0.6 is 0 Å². The van der Waals surface area contributed by atoms with Crippen LogP contribution < -0.4 is 0 Å². The van der Waals surface area contributed by atoms with Gasteiger partial charge in [-0.3, -0.25) is 4.90 Å². The van der Waals surface area contributed by atoms with E-state index in [-0.39, 0.29) is 18.8 Å².